The maximum atomic E-state index is 10.4. The number of hydrogen-bond acceptors (Lipinski definition) is 5. The van der Waals surface area contributed by atoms with Crippen LogP contribution in [0.25, 0.3) is 0 Å². The summed E-state index contributed by atoms with van der Waals surface area (Å²) in [6, 6.07) is -0.597. The first-order valence-corrected chi connectivity index (χ1v) is 4.98. The number of hydrogen-bond donors (Lipinski definition) is 5. The molecular formula is C9H20FeN2O5. The summed E-state index contributed by atoms with van der Waals surface area (Å²) in [7, 11) is 0. The quantitative estimate of drug-likeness (QED) is 0.374. The zero-order valence-electron chi connectivity index (χ0n) is 9.70. The van der Waals surface area contributed by atoms with E-state index in [9.17, 15) is 9.59 Å². The molecule has 6 N–H and O–H groups in total. The second kappa shape index (κ2) is 15.3. The summed E-state index contributed by atoms with van der Waals surface area (Å²) in [5, 5.41) is 27.4. The van der Waals surface area contributed by atoms with Gasteiger partial charge in [-0.25, -0.2) is 0 Å². The average Bonchev–Trinajstić information content (AvgIpc) is 2.24. The molecule has 104 valence electrons. The largest absolute Gasteiger partial charge is 0.480 e. The van der Waals surface area contributed by atoms with Crippen molar-refractivity contribution in [3.8, 4) is 0 Å². The summed E-state index contributed by atoms with van der Waals surface area (Å²) in [6.07, 6.45) is 1.17. The van der Waals surface area contributed by atoms with Crippen LogP contribution in [0, 0.1) is 0 Å². The molecule has 0 aliphatic heterocycles. The number of nitrogens with one attached hydrogen (secondary N) is 1. The first kappa shape index (κ1) is 21.6. The smallest absolute Gasteiger partial charge is 0.320 e. The molecule has 0 amide bonds. The monoisotopic (exact) mass is 292 g/mol. The number of rotatable bonds is 7. The van der Waals surface area contributed by atoms with Gasteiger partial charge in [-0.05, 0) is 19.4 Å². The Morgan fingerprint density at radius 1 is 1.35 bits per heavy atom. The average molecular weight is 292 g/mol. The van der Waals surface area contributed by atoms with Gasteiger partial charge in [-0.2, -0.15) is 0 Å². The summed E-state index contributed by atoms with van der Waals surface area (Å²) in [4.78, 5) is 19.7. The second-order valence-corrected chi connectivity index (χ2v) is 2.96. The number of aliphatic carboxylic acids is 2. The number of carboxylic acid groups (broad SMARTS) is 2. The molecular weight excluding hydrogens is 272 g/mol. The van der Waals surface area contributed by atoms with Gasteiger partial charge < -0.3 is 26.4 Å². The van der Waals surface area contributed by atoms with Gasteiger partial charge >= 0.3 is 11.9 Å². The van der Waals surface area contributed by atoms with Crippen LogP contribution in [0.15, 0.2) is 0 Å². The molecule has 17 heavy (non-hydrogen) atoms. The molecule has 0 saturated carbocycles. The van der Waals surface area contributed by atoms with Crippen LogP contribution in [0.2, 0.25) is 0 Å². The van der Waals surface area contributed by atoms with Crippen LogP contribution in [-0.2, 0) is 26.7 Å². The second-order valence-electron chi connectivity index (χ2n) is 2.96. The Balaban J connectivity index is -0.000000280. The maximum absolute atomic E-state index is 10.4. The topological polar surface area (TPSA) is 133 Å². The summed E-state index contributed by atoms with van der Waals surface area (Å²) < 4.78 is 0. The molecule has 8 heteroatoms. The van der Waals surface area contributed by atoms with E-state index in [-0.39, 0.29) is 36.6 Å². The third-order valence-corrected chi connectivity index (χ3v) is 1.53. The molecule has 7 nitrogen and oxygen atoms in total. The Morgan fingerprint density at radius 3 is 2.06 bits per heavy atom. The fourth-order valence-electron chi connectivity index (χ4n) is 0.761. The van der Waals surface area contributed by atoms with Crippen molar-refractivity contribution in [3.05, 3.63) is 0 Å². The summed E-state index contributed by atoms with van der Waals surface area (Å²) in [5.41, 5.74) is 4.57. The molecule has 0 radical (unpaired) electrons. The van der Waals surface area contributed by atoms with E-state index in [2.05, 4.69) is 11.1 Å². The Morgan fingerprint density at radius 2 is 1.82 bits per heavy atom. The van der Waals surface area contributed by atoms with E-state index in [1.165, 1.54) is 0 Å². The minimum atomic E-state index is -0.968. The van der Waals surface area contributed by atoms with Gasteiger partial charge in [0.1, 0.15) is 6.04 Å². The van der Waals surface area contributed by atoms with E-state index in [4.69, 9.17) is 15.3 Å². The molecule has 0 aliphatic carbocycles. The third kappa shape index (κ3) is 17.9. The van der Waals surface area contributed by atoms with Gasteiger partial charge in [0, 0.05) is 23.7 Å². The molecule has 0 saturated heterocycles. The van der Waals surface area contributed by atoms with Gasteiger partial charge in [0.25, 0.3) is 0 Å². The van der Waals surface area contributed by atoms with Gasteiger partial charge in [-0.15, -0.1) is 0 Å². The minimum absolute atomic E-state index is 0. The van der Waals surface area contributed by atoms with Gasteiger partial charge in [0.05, 0.1) is 6.54 Å². The van der Waals surface area contributed by atoms with Crippen molar-refractivity contribution >= 4 is 11.9 Å². The minimum Gasteiger partial charge on any atom is -0.480 e. The number of aliphatic hydroxyl groups excluding tert-OH is 1. The molecule has 0 heterocycles. The molecule has 0 fully saturated rings. The first-order chi connectivity index (χ1) is 7.49. The fraction of sp³-hybridized carbons (Fsp3) is 0.778. The van der Waals surface area contributed by atoms with Crippen LogP contribution in [0.4, 0.5) is 0 Å². The van der Waals surface area contributed by atoms with Crippen LogP contribution in [0.1, 0.15) is 19.8 Å². The predicted octanol–water partition coefficient (Wildman–Crippen LogP) is -1.15. The van der Waals surface area contributed by atoms with E-state index < -0.39 is 18.0 Å². The number of carboxylic acids is 2. The van der Waals surface area contributed by atoms with E-state index in [1.54, 1.807) is 0 Å². The number of aliphatic hydroxyl groups is 1. The molecule has 1 unspecified atom stereocenters. The fourth-order valence-corrected chi connectivity index (χ4v) is 0.761. The van der Waals surface area contributed by atoms with Crippen LogP contribution >= 0.6 is 0 Å². The zero-order valence-corrected chi connectivity index (χ0v) is 10.8. The molecule has 0 aliphatic rings. The van der Waals surface area contributed by atoms with Crippen molar-refractivity contribution in [1.82, 2.24) is 5.32 Å². The van der Waals surface area contributed by atoms with Crippen LogP contribution in [0.5, 0.6) is 0 Å². The zero-order chi connectivity index (χ0) is 13.0. The molecule has 0 aromatic rings. The summed E-state index contributed by atoms with van der Waals surface area (Å²) in [6.45, 7) is 2.27. The molecule has 0 bridgehead atoms. The van der Waals surface area contributed by atoms with Crippen molar-refractivity contribution < 1.29 is 42.0 Å². The summed E-state index contributed by atoms with van der Waals surface area (Å²) >= 11 is 0. The van der Waals surface area contributed by atoms with E-state index >= 15 is 0 Å². The van der Waals surface area contributed by atoms with Crippen molar-refractivity contribution in [1.29, 1.82) is 0 Å². The Labute approximate surface area is 111 Å². The third-order valence-electron chi connectivity index (χ3n) is 1.53. The Bertz CT molecular complexity index is 204. The van der Waals surface area contributed by atoms with Crippen LogP contribution in [0.3, 0.4) is 0 Å². The van der Waals surface area contributed by atoms with E-state index in [1.807, 2.05) is 6.92 Å². The normalized spacial score (nSPS) is 10.5. The predicted molar refractivity (Wildman–Crippen MR) is 58.1 cm³/mol. The van der Waals surface area contributed by atoms with Crippen molar-refractivity contribution in [2.45, 2.75) is 25.8 Å². The first-order valence-electron chi connectivity index (χ1n) is 4.98. The van der Waals surface area contributed by atoms with E-state index in [0.717, 1.165) is 6.42 Å². The standard InChI is InChI=1S/C7H15NO3.C2H5NO2.Fe/c1-2-4-8-6(3-5-9)7(10)11;3-1-2(4)5;/h6,8-9H,2-5H2,1H3,(H,10,11);1,3H2,(H,4,5);. The van der Waals surface area contributed by atoms with Crippen molar-refractivity contribution in [2.24, 2.45) is 5.73 Å². The molecule has 0 aromatic carbocycles. The van der Waals surface area contributed by atoms with Crippen molar-refractivity contribution in [2.75, 3.05) is 19.7 Å². The van der Waals surface area contributed by atoms with Crippen LogP contribution < -0.4 is 11.1 Å². The summed E-state index contributed by atoms with van der Waals surface area (Å²) in [5.74, 6) is -1.86. The number of nitrogens with two attached hydrogens (primary N) is 1. The number of carbonyl (C=O) groups is 2. The van der Waals surface area contributed by atoms with E-state index in [0.29, 0.717) is 6.54 Å². The Hall–Kier alpha value is -0.661. The van der Waals surface area contributed by atoms with Gasteiger partial charge in [0.15, 0.2) is 0 Å². The molecule has 0 spiro atoms. The SMILES string of the molecule is CCCNC(CCO)C(=O)O.NCC(=O)O.[Fe]. The van der Waals surface area contributed by atoms with Gasteiger partial charge in [-0.3, -0.25) is 9.59 Å². The van der Waals surface area contributed by atoms with Gasteiger partial charge in [-0.1, -0.05) is 6.92 Å². The Kier molecular flexibility index (Phi) is 19.5. The van der Waals surface area contributed by atoms with Crippen molar-refractivity contribution in [3.63, 3.8) is 0 Å². The molecule has 1 atom stereocenters. The molecule has 0 rings (SSSR count). The van der Waals surface area contributed by atoms with Gasteiger partial charge in [0.2, 0.25) is 0 Å². The van der Waals surface area contributed by atoms with Crippen LogP contribution in [-0.4, -0.2) is 53.0 Å². The molecule has 0 aromatic heterocycles. The maximum Gasteiger partial charge on any atom is 0.320 e.